The normalized spacial score (nSPS) is 21.6. The first-order valence-corrected chi connectivity index (χ1v) is 12.9. The molecule has 0 amide bonds. The number of hydrogen-bond donors (Lipinski definition) is 1. The van der Waals surface area contributed by atoms with Gasteiger partial charge in [0.2, 0.25) is 5.95 Å². The van der Waals surface area contributed by atoms with Crippen molar-refractivity contribution in [3.63, 3.8) is 0 Å². The van der Waals surface area contributed by atoms with Gasteiger partial charge in [0, 0.05) is 44.8 Å². The first-order valence-electron chi connectivity index (χ1n) is 12.9. The van der Waals surface area contributed by atoms with E-state index in [-0.39, 0.29) is 17.3 Å². The van der Waals surface area contributed by atoms with Crippen molar-refractivity contribution in [3.05, 3.63) is 68.4 Å². The molecule has 35 heavy (non-hydrogen) atoms. The summed E-state index contributed by atoms with van der Waals surface area (Å²) in [4.78, 5) is 35.0. The highest BCUT2D eigenvalue weighted by Gasteiger charge is 2.40. The molecule has 3 aliphatic rings. The molecule has 1 aromatic carbocycles. The van der Waals surface area contributed by atoms with Gasteiger partial charge < -0.3 is 14.8 Å². The van der Waals surface area contributed by atoms with Crippen LogP contribution in [0.4, 0.5) is 5.95 Å². The van der Waals surface area contributed by atoms with E-state index in [2.05, 4.69) is 34.7 Å². The third-order valence-electron chi connectivity index (χ3n) is 7.81. The van der Waals surface area contributed by atoms with Crippen LogP contribution in [0.5, 0.6) is 0 Å². The second kappa shape index (κ2) is 8.82. The summed E-state index contributed by atoms with van der Waals surface area (Å²) in [5, 5.41) is 3.52. The molecule has 2 atom stereocenters. The molecule has 4 heterocycles. The van der Waals surface area contributed by atoms with Crippen LogP contribution in [0.25, 0.3) is 11.2 Å². The minimum Gasteiger partial charge on any atom is -0.338 e. The maximum atomic E-state index is 13.9. The Morgan fingerprint density at radius 1 is 1.09 bits per heavy atom. The van der Waals surface area contributed by atoms with Crippen LogP contribution in [0.3, 0.4) is 0 Å². The number of hydrogen-bond acceptors (Lipinski definition) is 5. The van der Waals surface area contributed by atoms with Crippen LogP contribution in [0.2, 0.25) is 0 Å². The lowest BCUT2D eigenvalue weighted by Gasteiger charge is -2.25. The average molecular weight is 475 g/mol. The van der Waals surface area contributed by atoms with Crippen molar-refractivity contribution in [3.8, 4) is 0 Å². The Morgan fingerprint density at radius 3 is 2.63 bits per heavy atom. The Labute approximate surface area is 204 Å². The Kier molecular flexibility index (Phi) is 5.63. The van der Waals surface area contributed by atoms with Gasteiger partial charge in [0.05, 0.1) is 0 Å². The van der Waals surface area contributed by atoms with E-state index in [4.69, 9.17) is 4.98 Å². The summed E-state index contributed by atoms with van der Waals surface area (Å²) < 4.78 is 5.33. The standard InChI is InChI=1S/C27H34N6O2/c1-18(2)10-13-31-23-24(29-26(31)30-15-12-20-16-28-17-22(20)30)33(21-8-9-21)27(35)32(25(23)34)14-11-19-6-4-3-5-7-19/h3-7,10,20-22,28H,8-9,11-17H2,1-2H3. The quantitative estimate of drug-likeness (QED) is 0.533. The lowest BCUT2D eigenvalue weighted by Crippen LogP contribution is -2.41. The molecule has 6 rings (SSSR count). The molecule has 184 valence electrons. The number of rotatable bonds is 7. The van der Waals surface area contributed by atoms with Crippen molar-refractivity contribution < 1.29 is 0 Å². The third kappa shape index (κ3) is 3.93. The van der Waals surface area contributed by atoms with E-state index in [9.17, 15) is 9.59 Å². The third-order valence-corrected chi connectivity index (χ3v) is 7.81. The Bertz CT molecular complexity index is 1390. The van der Waals surface area contributed by atoms with Crippen molar-refractivity contribution in [1.82, 2.24) is 24.0 Å². The lowest BCUT2D eigenvalue weighted by molar-refractivity contribution is 0.571. The van der Waals surface area contributed by atoms with Gasteiger partial charge in [0.25, 0.3) is 5.56 Å². The van der Waals surface area contributed by atoms with Crippen molar-refractivity contribution >= 4 is 17.1 Å². The SMILES string of the molecule is CC(C)=CCn1c(N2CCC3CNCC32)nc2c1c(=O)n(CCc1ccccc1)c(=O)n2C1CC1. The van der Waals surface area contributed by atoms with E-state index >= 15 is 0 Å². The summed E-state index contributed by atoms with van der Waals surface area (Å²) in [7, 11) is 0. The number of imidazole rings is 1. The zero-order valence-corrected chi connectivity index (χ0v) is 20.6. The van der Waals surface area contributed by atoms with Crippen LogP contribution < -0.4 is 21.5 Å². The molecule has 0 bridgehead atoms. The number of nitrogens with zero attached hydrogens (tertiary/aromatic N) is 5. The van der Waals surface area contributed by atoms with Gasteiger partial charge in [-0.1, -0.05) is 42.0 Å². The van der Waals surface area contributed by atoms with Gasteiger partial charge in [-0.15, -0.1) is 0 Å². The van der Waals surface area contributed by atoms with Crippen LogP contribution in [-0.4, -0.2) is 44.4 Å². The van der Waals surface area contributed by atoms with Crippen LogP contribution in [0, 0.1) is 5.92 Å². The summed E-state index contributed by atoms with van der Waals surface area (Å²) in [6.45, 7) is 8.00. The predicted octanol–water partition coefficient (Wildman–Crippen LogP) is 2.70. The molecule has 2 unspecified atom stereocenters. The molecule has 1 saturated carbocycles. The summed E-state index contributed by atoms with van der Waals surface area (Å²) in [5.41, 5.74) is 2.99. The van der Waals surface area contributed by atoms with Crippen LogP contribution in [0.1, 0.15) is 44.7 Å². The van der Waals surface area contributed by atoms with Gasteiger partial charge >= 0.3 is 5.69 Å². The largest absolute Gasteiger partial charge is 0.338 e. The number of fused-ring (bicyclic) bond motifs is 2. The summed E-state index contributed by atoms with van der Waals surface area (Å²) in [6.07, 6.45) is 5.83. The van der Waals surface area contributed by atoms with Gasteiger partial charge in [-0.3, -0.25) is 13.9 Å². The topological polar surface area (TPSA) is 77.1 Å². The van der Waals surface area contributed by atoms with Gasteiger partial charge in [0.15, 0.2) is 11.2 Å². The molecule has 8 heteroatoms. The number of benzene rings is 1. The number of allylic oxidation sites excluding steroid dienone is 2. The van der Waals surface area contributed by atoms with Crippen LogP contribution >= 0.6 is 0 Å². The van der Waals surface area contributed by atoms with Crippen molar-refractivity contribution in [2.45, 2.75) is 64.7 Å². The monoisotopic (exact) mass is 474 g/mol. The summed E-state index contributed by atoms with van der Waals surface area (Å²) in [6, 6.07) is 10.6. The van der Waals surface area contributed by atoms with Crippen molar-refractivity contribution in [2.75, 3.05) is 24.5 Å². The highest BCUT2D eigenvalue weighted by Crippen LogP contribution is 2.37. The highest BCUT2D eigenvalue weighted by atomic mass is 16.2. The number of anilines is 1. The van der Waals surface area contributed by atoms with Gasteiger partial charge in [-0.05, 0) is 51.0 Å². The molecule has 8 nitrogen and oxygen atoms in total. The minimum atomic E-state index is -0.223. The molecule has 1 aliphatic carbocycles. The fraction of sp³-hybridized carbons (Fsp3) is 0.519. The lowest BCUT2D eigenvalue weighted by atomic mass is 10.1. The second-order valence-corrected chi connectivity index (χ2v) is 10.5. The Hall–Kier alpha value is -3.13. The molecule has 2 aliphatic heterocycles. The molecule has 0 spiro atoms. The maximum absolute atomic E-state index is 13.9. The molecular formula is C27H34N6O2. The van der Waals surface area contributed by atoms with Crippen LogP contribution in [-0.2, 0) is 19.5 Å². The van der Waals surface area contributed by atoms with E-state index < -0.39 is 0 Å². The number of aryl methyl sites for hydroxylation is 1. The van der Waals surface area contributed by atoms with Crippen molar-refractivity contribution in [2.24, 2.45) is 5.92 Å². The molecule has 3 fully saturated rings. The first kappa shape index (κ1) is 22.3. The molecule has 0 radical (unpaired) electrons. The smallest absolute Gasteiger partial charge is 0.333 e. The second-order valence-electron chi connectivity index (χ2n) is 10.5. The highest BCUT2D eigenvalue weighted by molar-refractivity contribution is 5.75. The zero-order chi connectivity index (χ0) is 24.1. The average Bonchev–Trinajstić information content (AvgIpc) is 3.25. The van der Waals surface area contributed by atoms with E-state index in [0.717, 1.165) is 50.4 Å². The van der Waals surface area contributed by atoms with Gasteiger partial charge in [0.1, 0.15) is 0 Å². The fourth-order valence-corrected chi connectivity index (χ4v) is 5.75. The fourth-order valence-electron chi connectivity index (χ4n) is 5.75. The molecule has 1 N–H and O–H groups in total. The van der Waals surface area contributed by atoms with Gasteiger partial charge in [-0.2, -0.15) is 4.98 Å². The summed E-state index contributed by atoms with van der Waals surface area (Å²) >= 11 is 0. The Balaban J connectivity index is 1.53. The van der Waals surface area contributed by atoms with E-state index in [1.54, 1.807) is 0 Å². The summed E-state index contributed by atoms with van der Waals surface area (Å²) in [5.74, 6) is 1.44. The molecule has 2 aromatic heterocycles. The predicted molar refractivity (Wildman–Crippen MR) is 138 cm³/mol. The Morgan fingerprint density at radius 2 is 1.89 bits per heavy atom. The van der Waals surface area contributed by atoms with Crippen molar-refractivity contribution in [1.29, 1.82) is 0 Å². The molecule has 3 aromatic rings. The van der Waals surface area contributed by atoms with Crippen LogP contribution in [0.15, 0.2) is 51.6 Å². The van der Waals surface area contributed by atoms with E-state index in [1.165, 1.54) is 10.1 Å². The van der Waals surface area contributed by atoms with Gasteiger partial charge in [-0.25, -0.2) is 4.79 Å². The zero-order valence-electron chi connectivity index (χ0n) is 20.6. The molecular weight excluding hydrogens is 440 g/mol. The maximum Gasteiger partial charge on any atom is 0.333 e. The number of aromatic nitrogens is 4. The van der Waals surface area contributed by atoms with E-state index in [1.807, 2.05) is 34.9 Å². The van der Waals surface area contributed by atoms with E-state index in [0.29, 0.717) is 42.6 Å². The minimum absolute atomic E-state index is 0.132. The number of nitrogens with one attached hydrogen (secondary N) is 1. The molecule has 2 saturated heterocycles. The first-order chi connectivity index (χ1) is 17.0.